The van der Waals surface area contributed by atoms with Crippen molar-refractivity contribution < 1.29 is 23.8 Å². The summed E-state index contributed by atoms with van der Waals surface area (Å²) in [5.74, 6) is -0.716. The van der Waals surface area contributed by atoms with Crippen molar-refractivity contribution in [1.82, 2.24) is 5.32 Å². The van der Waals surface area contributed by atoms with Gasteiger partial charge in [0.1, 0.15) is 23.4 Å². The van der Waals surface area contributed by atoms with Gasteiger partial charge in [0.25, 0.3) is 0 Å². The molecule has 1 aliphatic heterocycles. The molecule has 0 fully saturated rings. The van der Waals surface area contributed by atoms with Gasteiger partial charge >= 0.3 is 5.97 Å². The molecular weight excluding hydrogens is 469 g/mol. The minimum atomic E-state index is -1.10. The molecule has 4 atom stereocenters. The van der Waals surface area contributed by atoms with Gasteiger partial charge in [0.05, 0.1) is 0 Å². The average molecular weight is 500 g/mol. The van der Waals surface area contributed by atoms with Gasteiger partial charge in [-0.15, -0.1) is 0 Å². The third kappa shape index (κ3) is 5.44. The summed E-state index contributed by atoms with van der Waals surface area (Å²) in [6.45, 7) is 4.19. The molecular formula is C31H30FNO4. The molecule has 0 spiro atoms. The van der Waals surface area contributed by atoms with E-state index >= 15 is 0 Å². The third-order valence-electron chi connectivity index (χ3n) is 6.98. The van der Waals surface area contributed by atoms with Crippen LogP contribution in [0.5, 0.6) is 11.5 Å². The van der Waals surface area contributed by atoms with Crippen LogP contribution in [-0.2, 0) is 4.79 Å². The lowest BCUT2D eigenvalue weighted by Crippen LogP contribution is -2.37. The van der Waals surface area contributed by atoms with Crippen molar-refractivity contribution in [1.29, 1.82) is 0 Å². The van der Waals surface area contributed by atoms with Gasteiger partial charge in [-0.2, -0.15) is 0 Å². The van der Waals surface area contributed by atoms with E-state index in [1.807, 2.05) is 30.3 Å². The van der Waals surface area contributed by atoms with E-state index in [4.69, 9.17) is 9.47 Å². The standard InChI is InChI=1S/C31H30FNO4/c1-19(26-12-7-9-21-8-3-4-10-27(21)26)33-18-25-17-29(28-11-5-6-13-30(28)37-25)22-14-23(32)16-24(15-22)36-20(2)31(34)35/h3-16,19-20,25,29,33H,17-18H2,1-2H3,(H,34,35)/t19-,20?,25-,29+/m1/s1. The molecule has 4 aromatic carbocycles. The first-order valence-electron chi connectivity index (χ1n) is 12.6. The van der Waals surface area contributed by atoms with Gasteiger partial charge < -0.3 is 19.9 Å². The fourth-order valence-electron chi connectivity index (χ4n) is 5.09. The summed E-state index contributed by atoms with van der Waals surface area (Å²) >= 11 is 0. The highest BCUT2D eigenvalue weighted by atomic mass is 19.1. The number of rotatable bonds is 8. The van der Waals surface area contributed by atoms with E-state index in [0.717, 1.165) is 16.9 Å². The van der Waals surface area contributed by atoms with Crippen molar-refractivity contribution in [3.63, 3.8) is 0 Å². The van der Waals surface area contributed by atoms with Crippen LogP contribution in [0, 0.1) is 5.82 Å². The molecule has 4 aromatic rings. The maximum Gasteiger partial charge on any atom is 0.344 e. The molecule has 0 bridgehead atoms. The van der Waals surface area contributed by atoms with Gasteiger partial charge in [-0.3, -0.25) is 0 Å². The Morgan fingerprint density at radius 2 is 1.81 bits per heavy atom. The zero-order chi connectivity index (χ0) is 25.9. The van der Waals surface area contributed by atoms with Crippen LogP contribution in [0.1, 0.15) is 48.9 Å². The molecule has 6 heteroatoms. The lowest BCUT2D eigenvalue weighted by molar-refractivity contribution is -0.144. The SMILES string of the molecule is CC(Oc1cc(F)cc([C@@H]2C[C@H](CN[C@H](C)c3cccc4ccccc34)Oc3ccccc32)c1)C(=O)O. The van der Waals surface area contributed by atoms with Crippen molar-refractivity contribution in [2.24, 2.45) is 0 Å². The van der Waals surface area contributed by atoms with Crippen molar-refractivity contribution in [3.8, 4) is 11.5 Å². The molecule has 1 aliphatic rings. The van der Waals surface area contributed by atoms with Crippen LogP contribution >= 0.6 is 0 Å². The summed E-state index contributed by atoms with van der Waals surface area (Å²) < 4.78 is 26.4. The zero-order valence-electron chi connectivity index (χ0n) is 20.9. The second-order valence-corrected chi connectivity index (χ2v) is 9.58. The summed E-state index contributed by atoms with van der Waals surface area (Å²) in [5.41, 5.74) is 2.93. The predicted octanol–water partition coefficient (Wildman–Crippen LogP) is 6.46. The number of halogens is 1. The Hall–Kier alpha value is -3.90. The van der Waals surface area contributed by atoms with Crippen LogP contribution in [0.4, 0.5) is 4.39 Å². The van der Waals surface area contributed by atoms with E-state index in [-0.39, 0.29) is 23.8 Å². The Bertz CT molecular complexity index is 1420. The van der Waals surface area contributed by atoms with Crippen LogP contribution in [0.2, 0.25) is 0 Å². The number of para-hydroxylation sites is 1. The number of carboxylic acids is 1. The lowest BCUT2D eigenvalue weighted by atomic mass is 9.84. The summed E-state index contributed by atoms with van der Waals surface area (Å²) in [6.07, 6.45) is -0.573. The van der Waals surface area contributed by atoms with E-state index in [2.05, 4.69) is 48.6 Å². The Balaban J connectivity index is 1.37. The maximum absolute atomic E-state index is 14.6. The topological polar surface area (TPSA) is 67.8 Å². The maximum atomic E-state index is 14.6. The van der Waals surface area contributed by atoms with E-state index < -0.39 is 17.9 Å². The minimum Gasteiger partial charge on any atom is -0.489 e. The molecule has 0 saturated heterocycles. The second kappa shape index (κ2) is 10.6. The molecule has 1 unspecified atom stereocenters. The number of carbonyl (C=O) groups is 1. The Morgan fingerprint density at radius 3 is 2.65 bits per heavy atom. The van der Waals surface area contributed by atoms with Gasteiger partial charge in [-0.25, -0.2) is 9.18 Å². The third-order valence-corrected chi connectivity index (χ3v) is 6.98. The number of ether oxygens (including phenoxy) is 2. The smallest absolute Gasteiger partial charge is 0.344 e. The van der Waals surface area contributed by atoms with E-state index in [1.165, 1.54) is 35.4 Å². The molecule has 190 valence electrons. The number of hydrogen-bond donors (Lipinski definition) is 2. The average Bonchev–Trinajstić information content (AvgIpc) is 2.90. The number of benzene rings is 4. The molecule has 5 nitrogen and oxygen atoms in total. The Kier molecular flexibility index (Phi) is 7.10. The van der Waals surface area contributed by atoms with Crippen LogP contribution in [0.3, 0.4) is 0 Å². The highest BCUT2D eigenvalue weighted by Crippen LogP contribution is 2.41. The normalized spacial score (nSPS) is 18.5. The fourth-order valence-corrected chi connectivity index (χ4v) is 5.09. The van der Waals surface area contributed by atoms with Gasteiger partial charge in [-0.1, -0.05) is 60.7 Å². The summed E-state index contributed by atoms with van der Waals surface area (Å²) in [4.78, 5) is 11.2. The summed E-state index contributed by atoms with van der Waals surface area (Å²) in [6, 6.07) is 27.1. The lowest BCUT2D eigenvalue weighted by Gasteiger charge is -2.33. The quantitative estimate of drug-likeness (QED) is 0.291. The van der Waals surface area contributed by atoms with E-state index in [9.17, 15) is 14.3 Å². The minimum absolute atomic E-state index is 0.108. The van der Waals surface area contributed by atoms with Crippen molar-refractivity contribution in [2.75, 3.05) is 6.54 Å². The van der Waals surface area contributed by atoms with E-state index in [0.29, 0.717) is 13.0 Å². The summed E-state index contributed by atoms with van der Waals surface area (Å²) in [5, 5.41) is 15.3. The van der Waals surface area contributed by atoms with Gasteiger partial charge in [-0.05, 0) is 60.4 Å². The number of nitrogens with one attached hydrogen (secondary N) is 1. The van der Waals surface area contributed by atoms with Crippen LogP contribution in [0.25, 0.3) is 10.8 Å². The number of hydrogen-bond acceptors (Lipinski definition) is 4. The first-order valence-corrected chi connectivity index (χ1v) is 12.6. The first kappa shape index (κ1) is 24.8. The van der Waals surface area contributed by atoms with Crippen molar-refractivity contribution in [3.05, 3.63) is 107 Å². The number of aliphatic carboxylic acids is 1. The molecule has 0 aromatic heterocycles. The predicted molar refractivity (Wildman–Crippen MR) is 142 cm³/mol. The van der Waals surface area contributed by atoms with Gasteiger partial charge in [0, 0.05) is 30.1 Å². The highest BCUT2D eigenvalue weighted by molar-refractivity contribution is 5.86. The molecule has 0 aliphatic carbocycles. The van der Waals surface area contributed by atoms with E-state index in [1.54, 1.807) is 6.07 Å². The van der Waals surface area contributed by atoms with Gasteiger partial charge in [0.2, 0.25) is 0 Å². The second-order valence-electron chi connectivity index (χ2n) is 9.58. The molecule has 0 radical (unpaired) electrons. The van der Waals surface area contributed by atoms with Crippen LogP contribution in [0.15, 0.2) is 84.9 Å². The molecule has 5 rings (SSSR count). The largest absolute Gasteiger partial charge is 0.489 e. The number of carboxylic acid groups (broad SMARTS) is 1. The number of fused-ring (bicyclic) bond motifs is 2. The highest BCUT2D eigenvalue weighted by Gasteiger charge is 2.30. The van der Waals surface area contributed by atoms with Crippen LogP contribution in [-0.4, -0.2) is 29.8 Å². The molecule has 1 heterocycles. The van der Waals surface area contributed by atoms with Crippen molar-refractivity contribution in [2.45, 2.75) is 44.4 Å². The zero-order valence-corrected chi connectivity index (χ0v) is 20.9. The monoisotopic (exact) mass is 499 g/mol. The fraction of sp³-hybridized carbons (Fsp3) is 0.258. The molecule has 0 saturated carbocycles. The first-order chi connectivity index (χ1) is 17.9. The van der Waals surface area contributed by atoms with Gasteiger partial charge in [0.15, 0.2) is 6.10 Å². The Labute approximate surface area is 215 Å². The van der Waals surface area contributed by atoms with Crippen LogP contribution < -0.4 is 14.8 Å². The molecule has 0 amide bonds. The molecule has 2 N–H and O–H groups in total. The Morgan fingerprint density at radius 1 is 1.05 bits per heavy atom. The van der Waals surface area contributed by atoms with Crippen molar-refractivity contribution >= 4 is 16.7 Å². The molecule has 37 heavy (non-hydrogen) atoms. The summed E-state index contributed by atoms with van der Waals surface area (Å²) in [7, 11) is 0.